The number of nitrogens with zero attached hydrogens (tertiary/aromatic N) is 3. The van der Waals surface area contributed by atoms with Crippen molar-refractivity contribution in [1.29, 1.82) is 0 Å². The van der Waals surface area contributed by atoms with E-state index in [1.165, 1.54) is 0 Å². The van der Waals surface area contributed by atoms with E-state index < -0.39 is 0 Å². The van der Waals surface area contributed by atoms with E-state index in [9.17, 15) is 0 Å². The lowest BCUT2D eigenvalue weighted by Crippen LogP contribution is -2.13. The molecule has 0 bridgehead atoms. The third-order valence-electron chi connectivity index (χ3n) is 3.16. The number of aliphatic imine (C=N–C) groups is 1. The molecule has 0 amide bonds. The minimum Gasteiger partial charge on any atom is -0.394 e. The molecule has 6 nitrogen and oxygen atoms in total. The quantitative estimate of drug-likeness (QED) is 0.390. The molecule has 0 atom stereocenters. The molecule has 0 aliphatic rings. The number of halogens is 2. The van der Waals surface area contributed by atoms with Gasteiger partial charge in [-0.05, 0) is 37.4 Å². The Bertz CT molecular complexity index is 789. The maximum absolute atomic E-state index is 6.24. The predicted molar refractivity (Wildman–Crippen MR) is 105 cm³/mol. The zero-order valence-corrected chi connectivity index (χ0v) is 15.6. The van der Waals surface area contributed by atoms with E-state index >= 15 is 0 Å². The molecule has 2 aromatic rings. The number of aryl methyl sites for hydroxylation is 1. The van der Waals surface area contributed by atoms with Crippen molar-refractivity contribution in [3.05, 3.63) is 52.3 Å². The van der Waals surface area contributed by atoms with E-state index in [1.54, 1.807) is 31.5 Å². The van der Waals surface area contributed by atoms with E-state index in [1.807, 2.05) is 19.1 Å². The highest BCUT2D eigenvalue weighted by Crippen LogP contribution is 2.28. The smallest absolute Gasteiger partial charge is 0.163 e. The zero-order valence-electron chi connectivity index (χ0n) is 14.1. The van der Waals surface area contributed by atoms with Gasteiger partial charge in [-0.3, -0.25) is 4.99 Å². The molecule has 1 aromatic carbocycles. The van der Waals surface area contributed by atoms with Crippen LogP contribution in [0, 0.1) is 6.92 Å². The monoisotopic (exact) mass is 378 g/mol. The highest BCUT2D eigenvalue weighted by Gasteiger charge is 2.09. The molecule has 0 aliphatic heterocycles. The lowest BCUT2D eigenvalue weighted by Gasteiger charge is -2.09. The summed E-state index contributed by atoms with van der Waals surface area (Å²) in [6.45, 7) is 3.02. The molecular weight excluding hydrogens is 359 g/mol. The van der Waals surface area contributed by atoms with Gasteiger partial charge in [-0.1, -0.05) is 23.2 Å². The van der Waals surface area contributed by atoms with Crippen molar-refractivity contribution in [2.24, 2.45) is 10.7 Å². The van der Waals surface area contributed by atoms with E-state index in [0.717, 1.165) is 11.3 Å². The van der Waals surface area contributed by atoms with Crippen LogP contribution >= 0.6 is 23.2 Å². The summed E-state index contributed by atoms with van der Waals surface area (Å²) in [6.07, 6.45) is 3.43. The minimum atomic E-state index is 0.462. The van der Waals surface area contributed by atoms with Gasteiger partial charge >= 0.3 is 0 Å². The molecule has 0 saturated heterocycles. The second kappa shape index (κ2) is 9.25. The Hall–Kier alpha value is -2.31. The first-order chi connectivity index (χ1) is 12.0. The third kappa shape index (κ3) is 5.92. The van der Waals surface area contributed by atoms with Crippen LogP contribution in [0.1, 0.15) is 5.69 Å². The zero-order chi connectivity index (χ0) is 18.2. The van der Waals surface area contributed by atoms with Gasteiger partial charge in [0.2, 0.25) is 0 Å². The largest absolute Gasteiger partial charge is 0.394 e. The molecule has 0 saturated carbocycles. The van der Waals surface area contributed by atoms with Crippen LogP contribution in [0.2, 0.25) is 10.0 Å². The fourth-order valence-corrected chi connectivity index (χ4v) is 2.53. The van der Waals surface area contributed by atoms with E-state index in [-0.39, 0.29) is 0 Å². The average molecular weight is 379 g/mol. The SMILES string of the molecule is CNC=CC(N)=NCCNc1cc(C)nc(-c2ccc(Cl)cc2Cl)n1. The van der Waals surface area contributed by atoms with E-state index in [4.69, 9.17) is 28.9 Å². The Morgan fingerprint density at radius 2 is 2.08 bits per heavy atom. The van der Waals surface area contributed by atoms with Crippen molar-refractivity contribution in [2.45, 2.75) is 6.92 Å². The van der Waals surface area contributed by atoms with Crippen LogP contribution in [0.3, 0.4) is 0 Å². The van der Waals surface area contributed by atoms with Crippen LogP contribution in [0.15, 0.2) is 41.5 Å². The summed E-state index contributed by atoms with van der Waals surface area (Å²) in [5, 5.41) is 7.16. The fraction of sp³-hybridized carbons (Fsp3) is 0.235. The van der Waals surface area contributed by atoms with Crippen LogP contribution in [-0.2, 0) is 0 Å². The van der Waals surface area contributed by atoms with Gasteiger partial charge in [0.1, 0.15) is 11.7 Å². The van der Waals surface area contributed by atoms with Crippen molar-refractivity contribution in [1.82, 2.24) is 15.3 Å². The van der Waals surface area contributed by atoms with Gasteiger partial charge in [0.05, 0.1) is 11.6 Å². The lowest BCUT2D eigenvalue weighted by molar-refractivity contribution is 0.997. The number of anilines is 1. The summed E-state index contributed by atoms with van der Waals surface area (Å²) in [5.74, 6) is 1.71. The predicted octanol–water partition coefficient (Wildman–Crippen LogP) is 3.26. The summed E-state index contributed by atoms with van der Waals surface area (Å²) in [5.41, 5.74) is 7.30. The number of rotatable bonds is 7. The first kappa shape index (κ1) is 19.0. The molecule has 25 heavy (non-hydrogen) atoms. The van der Waals surface area contributed by atoms with Crippen molar-refractivity contribution in [3.8, 4) is 11.4 Å². The molecule has 1 aromatic heterocycles. The van der Waals surface area contributed by atoms with Gasteiger partial charge in [-0.25, -0.2) is 9.97 Å². The number of amidine groups is 1. The third-order valence-corrected chi connectivity index (χ3v) is 3.71. The molecule has 0 radical (unpaired) electrons. The maximum Gasteiger partial charge on any atom is 0.163 e. The number of aromatic nitrogens is 2. The first-order valence-electron chi connectivity index (χ1n) is 7.68. The Balaban J connectivity index is 2.08. The standard InChI is InChI=1S/C17H20Cl2N6/c1-11-9-16(23-8-7-22-15(20)5-6-21-2)25-17(24-11)13-4-3-12(18)10-14(13)19/h3-6,9-10,21H,7-8H2,1-2H3,(H2,20,22)(H,23,24,25). The van der Waals surface area contributed by atoms with Crippen LogP contribution in [0.5, 0.6) is 0 Å². The Kier molecular flexibility index (Phi) is 7.03. The van der Waals surface area contributed by atoms with Gasteiger partial charge in [0, 0.05) is 35.9 Å². The highest BCUT2D eigenvalue weighted by molar-refractivity contribution is 6.36. The molecule has 0 fully saturated rings. The number of hydrogen-bond acceptors (Lipinski definition) is 5. The number of hydrogen-bond donors (Lipinski definition) is 3. The number of benzene rings is 1. The molecule has 0 spiro atoms. The van der Waals surface area contributed by atoms with Crippen LogP contribution in [-0.4, -0.2) is 35.9 Å². The Morgan fingerprint density at radius 3 is 2.80 bits per heavy atom. The van der Waals surface area contributed by atoms with Gasteiger partial charge in [0.15, 0.2) is 5.82 Å². The van der Waals surface area contributed by atoms with Gasteiger partial charge in [0.25, 0.3) is 0 Å². The topological polar surface area (TPSA) is 88.2 Å². The van der Waals surface area contributed by atoms with Crippen LogP contribution in [0.4, 0.5) is 5.82 Å². The summed E-state index contributed by atoms with van der Waals surface area (Å²) in [4.78, 5) is 13.2. The van der Waals surface area contributed by atoms with Crippen LogP contribution < -0.4 is 16.4 Å². The van der Waals surface area contributed by atoms with Crippen molar-refractivity contribution < 1.29 is 0 Å². The minimum absolute atomic E-state index is 0.462. The van der Waals surface area contributed by atoms with Crippen molar-refractivity contribution in [3.63, 3.8) is 0 Å². The first-order valence-corrected chi connectivity index (χ1v) is 8.44. The van der Waals surface area contributed by atoms with Gasteiger partial charge in [-0.15, -0.1) is 0 Å². The van der Waals surface area contributed by atoms with Crippen molar-refractivity contribution in [2.75, 3.05) is 25.5 Å². The average Bonchev–Trinajstić information content (AvgIpc) is 2.56. The second-order valence-electron chi connectivity index (χ2n) is 5.20. The Morgan fingerprint density at radius 1 is 1.28 bits per heavy atom. The molecule has 2 rings (SSSR count). The van der Waals surface area contributed by atoms with Crippen molar-refractivity contribution >= 4 is 34.9 Å². The highest BCUT2D eigenvalue weighted by atomic mass is 35.5. The summed E-state index contributed by atoms with van der Waals surface area (Å²) < 4.78 is 0. The second-order valence-corrected chi connectivity index (χ2v) is 6.04. The van der Waals surface area contributed by atoms with E-state index in [0.29, 0.717) is 40.6 Å². The maximum atomic E-state index is 6.24. The molecule has 0 aliphatic carbocycles. The Labute approximate surface area is 157 Å². The molecule has 4 N–H and O–H groups in total. The fourth-order valence-electron chi connectivity index (χ4n) is 2.04. The number of nitrogens with one attached hydrogen (secondary N) is 2. The summed E-state index contributed by atoms with van der Waals surface area (Å²) in [7, 11) is 1.80. The lowest BCUT2D eigenvalue weighted by atomic mass is 10.2. The molecule has 1 heterocycles. The van der Waals surface area contributed by atoms with Gasteiger partial charge in [-0.2, -0.15) is 0 Å². The van der Waals surface area contributed by atoms with Gasteiger partial charge < -0.3 is 16.4 Å². The number of nitrogens with two attached hydrogens (primary N) is 1. The van der Waals surface area contributed by atoms with E-state index in [2.05, 4.69) is 25.6 Å². The molecular formula is C17H20Cl2N6. The summed E-state index contributed by atoms with van der Waals surface area (Å²) >= 11 is 12.2. The normalized spacial score (nSPS) is 11.8. The molecule has 8 heteroatoms. The van der Waals surface area contributed by atoms with Crippen LogP contribution in [0.25, 0.3) is 11.4 Å². The molecule has 0 unspecified atom stereocenters. The summed E-state index contributed by atoms with van der Waals surface area (Å²) in [6, 6.07) is 7.11. The molecule has 132 valence electrons.